The van der Waals surface area contributed by atoms with Crippen molar-refractivity contribution in [1.82, 2.24) is 19.3 Å². The Morgan fingerprint density at radius 2 is 1.96 bits per heavy atom. The molecule has 0 aliphatic rings. The molecule has 0 fully saturated rings. The van der Waals surface area contributed by atoms with Crippen LogP contribution in [0.15, 0.2) is 48.8 Å². The number of nitrogens with zero attached hydrogens (tertiary/aromatic N) is 5. The van der Waals surface area contributed by atoms with Crippen LogP contribution in [0.4, 0.5) is 5.82 Å². The zero-order valence-electron chi connectivity index (χ0n) is 12.3. The maximum absolute atomic E-state index is 9.23. The van der Waals surface area contributed by atoms with Crippen LogP contribution < -0.4 is 5.73 Å². The highest BCUT2D eigenvalue weighted by Gasteiger charge is 2.16. The monoisotopic (exact) mass is 330 g/mol. The molecule has 0 saturated carbocycles. The first kappa shape index (κ1) is 14.2. The van der Waals surface area contributed by atoms with Gasteiger partial charge in [-0.25, -0.2) is 14.3 Å². The van der Waals surface area contributed by atoms with Gasteiger partial charge in [0.25, 0.3) is 0 Å². The molecule has 3 heterocycles. The Kier molecular flexibility index (Phi) is 3.37. The lowest BCUT2D eigenvalue weighted by Crippen LogP contribution is -2.02. The van der Waals surface area contributed by atoms with Crippen LogP contribution in [0.5, 0.6) is 0 Å². The summed E-state index contributed by atoms with van der Waals surface area (Å²) in [6, 6.07) is 13.5. The van der Waals surface area contributed by atoms with Crippen molar-refractivity contribution in [1.29, 1.82) is 5.26 Å². The number of hydrogen-bond donors (Lipinski definition) is 1. The van der Waals surface area contributed by atoms with E-state index in [9.17, 15) is 5.26 Å². The van der Waals surface area contributed by atoms with E-state index in [-0.39, 0.29) is 11.5 Å². The lowest BCUT2D eigenvalue weighted by Gasteiger charge is -2.09. The minimum atomic E-state index is 0.115. The number of nitrogens with two attached hydrogens (primary N) is 1. The van der Waals surface area contributed by atoms with Crippen LogP contribution >= 0.6 is 11.5 Å². The number of rotatable bonds is 2. The Morgan fingerprint density at radius 3 is 2.75 bits per heavy atom. The van der Waals surface area contributed by atoms with Crippen LogP contribution in [0.1, 0.15) is 5.69 Å². The normalized spacial score (nSPS) is 10.6. The third kappa shape index (κ3) is 2.35. The molecule has 0 spiro atoms. The highest BCUT2D eigenvalue weighted by molar-refractivity contribution is 7.09. The van der Waals surface area contributed by atoms with Gasteiger partial charge in [0.2, 0.25) is 0 Å². The summed E-state index contributed by atoms with van der Waals surface area (Å²) in [5.41, 5.74) is 8.94. The van der Waals surface area contributed by atoms with Gasteiger partial charge in [-0.3, -0.25) is 4.98 Å². The smallest absolute Gasteiger partial charge is 0.183 e. The maximum Gasteiger partial charge on any atom is 0.183 e. The lowest BCUT2D eigenvalue weighted by molar-refractivity contribution is 1.19. The molecule has 0 bridgehead atoms. The summed E-state index contributed by atoms with van der Waals surface area (Å²) < 4.78 is 4.11. The molecule has 0 radical (unpaired) electrons. The van der Waals surface area contributed by atoms with Gasteiger partial charge in [0, 0.05) is 23.3 Å². The Hall–Kier alpha value is -3.37. The van der Waals surface area contributed by atoms with Crippen molar-refractivity contribution in [3.05, 3.63) is 54.5 Å². The summed E-state index contributed by atoms with van der Waals surface area (Å²) in [6.45, 7) is 0. The maximum atomic E-state index is 9.23. The Bertz CT molecular complexity index is 1080. The molecule has 3 aromatic heterocycles. The molecule has 0 aliphatic carbocycles. The fourth-order valence-electron chi connectivity index (χ4n) is 2.46. The molecule has 6 nitrogen and oxygen atoms in total. The number of anilines is 1. The second-order valence-electron chi connectivity index (χ2n) is 5.05. The Balaban J connectivity index is 2.00. The van der Waals surface area contributed by atoms with Crippen LogP contribution in [0, 0.1) is 11.3 Å². The molecule has 7 heteroatoms. The topological polar surface area (TPSA) is 101 Å². The van der Waals surface area contributed by atoms with Gasteiger partial charge >= 0.3 is 0 Å². The van der Waals surface area contributed by atoms with Crippen molar-refractivity contribution in [2.75, 3.05) is 5.73 Å². The van der Waals surface area contributed by atoms with E-state index in [0.29, 0.717) is 11.4 Å². The molecule has 1 aromatic carbocycles. The largest absolute Gasteiger partial charge is 0.381 e. The Labute approximate surface area is 141 Å². The number of hydrogen-bond acceptors (Lipinski definition) is 7. The average molecular weight is 330 g/mol. The van der Waals surface area contributed by atoms with E-state index in [1.165, 1.54) is 11.5 Å². The van der Waals surface area contributed by atoms with Gasteiger partial charge in [0.1, 0.15) is 11.8 Å². The lowest BCUT2D eigenvalue weighted by atomic mass is 10.1. The van der Waals surface area contributed by atoms with E-state index in [2.05, 4.69) is 19.3 Å². The van der Waals surface area contributed by atoms with Crippen LogP contribution in [-0.4, -0.2) is 19.3 Å². The minimum Gasteiger partial charge on any atom is -0.381 e. The second kappa shape index (κ2) is 5.68. The molecule has 0 aliphatic heterocycles. The first-order valence-corrected chi connectivity index (χ1v) is 7.87. The summed E-state index contributed by atoms with van der Waals surface area (Å²) in [4.78, 5) is 14.0. The molecule has 0 unspecified atom stereocenters. The molecular formula is C17H10N6S. The van der Waals surface area contributed by atoms with Gasteiger partial charge in [-0.2, -0.15) is 5.26 Å². The van der Waals surface area contributed by atoms with E-state index >= 15 is 0 Å². The first-order chi connectivity index (χ1) is 11.8. The van der Waals surface area contributed by atoms with Gasteiger partial charge in [0.05, 0.1) is 16.1 Å². The summed E-state index contributed by atoms with van der Waals surface area (Å²) in [6.07, 6.45) is 3.45. The number of aromatic nitrogens is 4. The molecule has 0 saturated heterocycles. The van der Waals surface area contributed by atoms with Gasteiger partial charge in [-0.15, -0.1) is 0 Å². The van der Waals surface area contributed by atoms with Gasteiger partial charge in [-0.05, 0) is 35.8 Å². The van der Waals surface area contributed by atoms with Crippen LogP contribution in [-0.2, 0) is 0 Å². The Morgan fingerprint density at radius 1 is 1.04 bits per heavy atom. The molecule has 114 valence electrons. The second-order valence-corrected chi connectivity index (χ2v) is 5.89. The number of pyridine rings is 1. The van der Waals surface area contributed by atoms with Gasteiger partial charge in [-0.1, -0.05) is 12.1 Å². The zero-order valence-corrected chi connectivity index (χ0v) is 13.2. The highest BCUT2D eigenvalue weighted by atomic mass is 32.1. The summed E-state index contributed by atoms with van der Waals surface area (Å²) in [5.74, 6) is 0.118. The van der Waals surface area contributed by atoms with Crippen LogP contribution in [0.25, 0.3) is 32.7 Å². The molecule has 0 atom stereocenters. The fourth-order valence-corrected chi connectivity index (χ4v) is 3.05. The predicted octanol–water partition coefficient (Wildman–Crippen LogP) is 3.27. The van der Waals surface area contributed by atoms with E-state index in [1.807, 2.05) is 42.5 Å². The number of benzene rings is 1. The van der Waals surface area contributed by atoms with Crippen LogP contribution in [0.2, 0.25) is 0 Å². The summed E-state index contributed by atoms with van der Waals surface area (Å²) in [5, 5.41) is 10.2. The van der Waals surface area contributed by atoms with Crippen molar-refractivity contribution >= 4 is 28.3 Å². The highest BCUT2D eigenvalue weighted by Crippen LogP contribution is 2.33. The summed E-state index contributed by atoms with van der Waals surface area (Å²) in [7, 11) is 0. The zero-order chi connectivity index (χ0) is 16.5. The third-order valence-corrected chi connectivity index (χ3v) is 4.33. The quantitative estimate of drug-likeness (QED) is 0.605. The van der Waals surface area contributed by atoms with Crippen molar-refractivity contribution in [2.24, 2.45) is 0 Å². The SMILES string of the molecule is N#Cc1nc(-c2ccc3ncccc3c2)c(-c2ccns2)nc1N. The molecule has 2 N–H and O–H groups in total. The van der Waals surface area contributed by atoms with Crippen LogP contribution in [0.3, 0.4) is 0 Å². The molecule has 0 amide bonds. The minimum absolute atomic E-state index is 0.115. The van der Waals surface area contributed by atoms with Crippen molar-refractivity contribution in [2.45, 2.75) is 0 Å². The molecule has 4 aromatic rings. The number of fused-ring (bicyclic) bond motifs is 1. The van der Waals surface area contributed by atoms with Crippen molar-refractivity contribution in [3.63, 3.8) is 0 Å². The standard InChI is InChI=1S/C17H10N6S/c18-9-13-17(19)23-16(14-5-7-21-24-14)15(22-13)11-3-4-12-10(8-11)2-1-6-20-12/h1-8H,(H2,19,23). The van der Waals surface area contributed by atoms with Crippen molar-refractivity contribution < 1.29 is 0 Å². The average Bonchev–Trinajstić information content (AvgIpc) is 3.15. The van der Waals surface area contributed by atoms with E-state index in [4.69, 9.17) is 5.73 Å². The first-order valence-electron chi connectivity index (χ1n) is 7.10. The summed E-state index contributed by atoms with van der Waals surface area (Å²) >= 11 is 1.31. The van der Waals surface area contributed by atoms with Gasteiger partial charge < -0.3 is 5.73 Å². The third-order valence-electron chi connectivity index (χ3n) is 3.58. The fraction of sp³-hybridized carbons (Fsp3) is 0. The van der Waals surface area contributed by atoms with Gasteiger partial charge in [0.15, 0.2) is 11.5 Å². The number of nitriles is 1. The predicted molar refractivity (Wildman–Crippen MR) is 93.0 cm³/mol. The van der Waals surface area contributed by atoms with E-state index < -0.39 is 0 Å². The number of nitrogen functional groups attached to an aromatic ring is 1. The molecule has 4 rings (SSSR count). The molecule has 24 heavy (non-hydrogen) atoms. The van der Waals surface area contributed by atoms with E-state index in [0.717, 1.165) is 21.3 Å². The van der Waals surface area contributed by atoms with E-state index in [1.54, 1.807) is 12.4 Å². The molecular weight excluding hydrogens is 320 g/mol. The van der Waals surface area contributed by atoms with Crippen molar-refractivity contribution in [3.8, 4) is 27.9 Å².